The Bertz CT molecular complexity index is 1060. The second-order valence-electron chi connectivity index (χ2n) is 8.63. The Morgan fingerprint density at radius 2 is 1.41 bits per heavy atom. The number of aliphatic imine (C=N–C) groups is 1. The summed E-state index contributed by atoms with van der Waals surface area (Å²) in [5, 5.41) is 0. The number of halogens is 2. The predicted octanol–water partition coefficient (Wildman–Crippen LogP) is 6.06. The van der Waals surface area contributed by atoms with Crippen LogP contribution in [-0.4, -0.2) is 23.3 Å². The lowest BCUT2D eigenvalue weighted by Crippen LogP contribution is -2.33. The maximum atomic E-state index is 14.6. The smallest absolute Gasteiger partial charge is 0.331 e. The Morgan fingerprint density at radius 1 is 0.875 bits per heavy atom. The van der Waals surface area contributed by atoms with E-state index in [0.29, 0.717) is 5.71 Å². The zero-order chi connectivity index (χ0) is 23.3. The van der Waals surface area contributed by atoms with Gasteiger partial charge in [0.1, 0.15) is 5.60 Å². The van der Waals surface area contributed by atoms with Crippen LogP contribution in [0.15, 0.2) is 77.8 Å². The van der Waals surface area contributed by atoms with Crippen molar-refractivity contribution >= 4 is 11.7 Å². The summed E-state index contributed by atoms with van der Waals surface area (Å²) in [6, 6.07) is 20.8. The second kappa shape index (κ2) is 9.86. The summed E-state index contributed by atoms with van der Waals surface area (Å²) in [4.78, 5) is 17.8. The summed E-state index contributed by atoms with van der Waals surface area (Å²) < 4.78 is 34.4. The fourth-order valence-electron chi connectivity index (χ4n) is 3.27. The number of rotatable bonds is 6. The van der Waals surface area contributed by atoms with E-state index in [1.54, 1.807) is 20.8 Å². The SMILES string of the molecule is Cc1ccc(C[C@H](N=C(c2ccccc2)c2ccccc2)C(=O)OC(C)(C)C)c(F)c1F. The minimum absolute atomic E-state index is 0.0770. The molecule has 5 heteroatoms. The second-order valence-corrected chi connectivity index (χ2v) is 8.63. The molecule has 3 aromatic rings. The highest BCUT2D eigenvalue weighted by atomic mass is 19.2. The fraction of sp³-hybridized carbons (Fsp3) is 0.259. The fourth-order valence-corrected chi connectivity index (χ4v) is 3.27. The first-order valence-corrected chi connectivity index (χ1v) is 10.5. The van der Waals surface area contributed by atoms with Crippen LogP contribution in [0, 0.1) is 18.6 Å². The molecule has 166 valence electrons. The van der Waals surface area contributed by atoms with Crippen LogP contribution in [0.25, 0.3) is 0 Å². The predicted molar refractivity (Wildman–Crippen MR) is 123 cm³/mol. The van der Waals surface area contributed by atoms with E-state index < -0.39 is 29.2 Å². The first-order valence-electron chi connectivity index (χ1n) is 10.5. The van der Waals surface area contributed by atoms with Crippen LogP contribution in [0.2, 0.25) is 0 Å². The third-order valence-electron chi connectivity index (χ3n) is 4.83. The number of ether oxygens (including phenoxy) is 1. The number of hydrogen-bond donors (Lipinski definition) is 0. The van der Waals surface area contributed by atoms with E-state index in [4.69, 9.17) is 9.73 Å². The van der Waals surface area contributed by atoms with Crippen LogP contribution in [0.1, 0.15) is 43.0 Å². The van der Waals surface area contributed by atoms with E-state index in [2.05, 4.69) is 0 Å². The topological polar surface area (TPSA) is 38.7 Å². The number of carbonyl (C=O) groups is 1. The molecule has 0 spiro atoms. The lowest BCUT2D eigenvalue weighted by molar-refractivity contribution is -0.156. The van der Waals surface area contributed by atoms with Gasteiger partial charge in [-0.25, -0.2) is 13.6 Å². The van der Waals surface area contributed by atoms with Gasteiger partial charge in [-0.15, -0.1) is 0 Å². The Labute approximate surface area is 187 Å². The highest BCUT2D eigenvalue weighted by Crippen LogP contribution is 2.21. The van der Waals surface area contributed by atoms with Crippen molar-refractivity contribution in [3.05, 3.63) is 107 Å². The van der Waals surface area contributed by atoms with E-state index in [-0.39, 0.29) is 17.5 Å². The molecule has 0 saturated heterocycles. The number of nitrogens with zero attached hydrogens (tertiary/aromatic N) is 1. The van der Waals surface area contributed by atoms with Crippen molar-refractivity contribution in [2.24, 2.45) is 4.99 Å². The molecule has 0 amide bonds. The van der Waals surface area contributed by atoms with Gasteiger partial charge in [0.25, 0.3) is 0 Å². The molecule has 0 aliphatic carbocycles. The lowest BCUT2D eigenvalue weighted by Gasteiger charge is -2.23. The molecular weight excluding hydrogens is 408 g/mol. The van der Waals surface area contributed by atoms with Crippen molar-refractivity contribution in [2.45, 2.75) is 45.8 Å². The Kier molecular flexibility index (Phi) is 7.18. The Hall–Kier alpha value is -3.34. The van der Waals surface area contributed by atoms with Gasteiger partial charge in [-0.2, -0.15) is 0 Å². The summed E-state index contributed by atoms with van der Waals surface area (Å²) in [7, 11) is 0. The quantitative estimate of drug-likeness (QED) is 0.349. The number of esters is 1. The molecule has 1 atom stereocenters. The maximum absolute atomic E-state index is 14.6. The summed E-state index contributed by atoms with van der Waals surface area (Å²) in [6.45, 7) is 6.77. The Balaban J connectivity index is 2.11. The van der Waals surface area contributed by atoms with Crippen LogP contribution in [-0.2, 0) is 16.0 Å². The normalized spacial score (nSPS) is 12.2. The van der Waals surface area contributed by atoms with Crippen LogP contribution in [0.5, 0.6) is 0 Å². The molecule has 3 aromatic carbocycles. The summed E-state index contributed by atoms with van der Waals surface area (Å²) in [5.74, 6) is -2.47. The van der Waals surface area contributed by atoms with Crippen LogP contribution >= 0.6 is 0 Å². The third kappa shape index (κ3) is 5.88. The molecule has 0 aromatic heterocycles. The molecule has 0 radical (unpaired) electrons. The van der Waals surface area contributed by atoms with Crippen molar-refractivity contribution in [3.8, 4) is 0 Å². The maximum Gasteiger partial charge on any atom is 0.331 e. The van der Waals surface area contributed by atoms with Gasteiger partial charge in [-0.1, -0.05) is 72.8 Å². The van der Waals surface area contributed by atoms with Gasteiger partial charge in [0.2, 0.25) is 0 Å². The van der Waals surface area contributed by atoms with Gasteiger partial charge in [0.05, 0.1) is 5.71 Å². The molecule has 0 aliphatic heterocycles. The standard InChI is InChI=1S/C27H27F2NO2/c1-18-15-16-21(24(29)23(18)28)17-22(26(31)32-27(2,3)4)30-25(19-11-7-5-8-12-19)20-13-9-6-10-14-20/h5-16,22H,17H2,1-4H3/t22-/m0/s1. The molecule has 0 unspecified atom stereocenters. The highest BCUT2D eigenvalue weighted by molar-refractivity contribution is 6.13. The van der Waals surface area contributed by atoms with Crippen LogP contribution in [0.3, 0.4) is 0 Å². The monoisotopic (exact) mass is 435 g/mol. The molecule has 0 heterocycles. The molecule has 0 aliphatic rings. The van der Waals surface area contributed by atoms with Crippen molar-refractivity contribution < 1.29 is 18.3 Å². The van der Waals surface area contributed by atoms with Crippen molar-refractivity contribution in [2.75, 3.05) is 0 Å². The van der Waals surface area contributed by atoms with E-state index in [9.17, 15) is 13.6 Å². The first kappa shape index (κ1) is 23.3. The van der Waals surface area contributed by atoms with Crippen molar-refractivity contribution in [3.63, 3.8) is 0 Å². The summed E-state index contributed by atoms with van der Waals surface area (Å²) in [5.41, 5.74) is 1.73. The number of benzene rings is 3. The minimum Gasteiger partial charge on any atom is -0.458 e. The molecule has 0 N–H and O–H groups in total. The summed E-state index contributed by atoms with van der Waals surface area (Å²) in [6.07, 6.45) is -0.124. The average Bonchev–Trinajstić information content (AvgIpc) is 2.76. The Morgan fingerprint density at radius 3 is 1.91 bits per heavy atom. The zero-order valence-corrected chi connectivity index (χ0v) is 18.7. The van der Waals surface area contributed by atoms with Crippen molar-refractivity contribution in [1.29, 1.82) is 0 Å². The summed E-state index contributed by atoms with van der Waals surface area (Å²) >= 11 is 0. The molecule has 0 fully saturated rings. The van der Waals surface area contributed by atoms with Crippen LogP contribution in [0.4, 0.5) is 8.78 Å². The number of aryl methyl sites for hydroxylation is 1. The molecule has 32 heavy (non-hydrogen) atoms. The lowest BCUT2D eigenvalue weighted by atomic mass is 10.00. The molecule has 0 saturated carbocycles. The zero-order valence-electron chi connectivity index (χ0n) is 18.7. The minimum atomic E-state index is -1.05. The van der Waals surface area contributed by atoms with Gasteiger partial charge < -0.3 is 4.74 Å². The van der Waals surface area contributed by atoms with Gasteiger partial charge in [0.15, 0.2) is 17.7 Å². The van der Waals surface area contributed by atoms with Gasteiger partial charge >= 0.3 is 5.97 Å². The van der Waals surface area contributed by atoms with Gasteiger partial charge in [0, 0.05) is 17.5 Å². The van der Waals surface area contributed by atoms with E-state index in [1.807, 2.05) is 60.7 Å². The molecular formula is C27H27F2NO2. The number of hydrogen-bond acceptors (Lipinski definition) is 3. The molecule has 3 rings (SSSR count). The first-order chi connectivity index (χ1) is 15.2. The van der Waals surface area contributed by atoms with Crippen LogP contribution < -0.4 is 0 Å². The average molecular weight is 436 g/mol. The third-order valence-corrected chi connectivity index (χ3v) is 4.83. The van der Waals surface area contributed by atoms with Gasteiger partial charge in [-0.05, 0) is 38.8 Å². The van der Waals surface area contributed by atoms with E-state index in [1.165, 1.54) is 19.1 Å². The van der Waals surface area contributed by atoms with E-state index >= 15 is 0 Å². The molecule has 0 bridgehead atoms. The largest absolute Gasteiger partial charge is 0.458 e. The highest BCUT2D eigenvalue weighted by Gasteiger charge is 2.28. The number of carbonyl (C=O) groups excluding carboxylic acids is 1. The van der Waals surface area contributed by atoms with E-state index in [0.717, 1.165) is 11.1 Å². The van der Waals surface area contributed by atoms with Gasteiger partial charge in [-0.3, -0.25) is 4.99 Å². The van der Waals surface area contributed by atoms with Crippen molar-refractivity contribution in [1.82, 2.24) is 0 Å². The molecule has 3 nitrogen and oxygen atoms in total.